The first-order valence-corrected chi connectivity index (χ1v) is 9.39. The number of nitrogens with two attached hydrogens (primary N) is 1. The van der Waals surface area contributed by atoms with E-state index < -0.39 is 10.0 Å². The lowest BCUT2D eigenvalue weighted by Gasteiger charge is -2.16. The second kappa shape index (κ2) is 5.74. The molecule has 2 atom stereocenters. The van der Waals surface area contributed by atoms with Crippen LogP contribution in [0.2, 0.25) is 0 Å². The Bertz CT molecular complexity index is 596. The molecule has 0 aromatic carbocycles. The summed E-state index contributed by atoms with van der Waals surface area (Å²) >= 11 is 0. The third kappa shape index (κ3) is 2.64. The van der Waals surface area contributed by atoms with Gasteiger partial charge in [-0.15, -0.1) is 0 Å². The molecule has 0 bridgehead atoms. The number of hydrogen-bond donors (Lipinski definition) is 1. The van der Waals surface area contributed by atoms with E-state index in [4.69, 9.17) is 5.73 Å². The average molecular weight is 311 g/mol. The fourth-order valence-corrected chi connectivity index (χ4v) is 5.44. The standard InChI is InChI=1S/C15H25N3O2S/c1-2-6-17-11-15(7-14(17)8-16)21(19,20)18-9-12-4-3-5-13(12)10-18/h7,11-13H,2-6,8-10,16H2,1H3. The molecule has 2 fully saturated rings. The summed E-state index contributed by atoms with van der Waals surface area (Å²) in [7, 11) is -3.35. The van der Waals surface area contributed by atoms with E-state index >= 15 is 0 Å². The number of fused-ring (bicyclic) bond motifs is 1. The van der Waals surface area contributed by atoms with Gasteiger partial charge < -0.3 is 10.3 Å². The van der Waals surface area contributed by atoms with Crippen molar-refractivity contribution in [3.63, 3.8) is 0 Å². The molecule has 1 aromatic heterocycles. The van der Waals surface area contributed by atoms with E-state index in [9.17, 15) is 8.42 Å². The average Bonchev–Trinajstić information content (AvgIpc) is 3.12. The molecule has 6 heteroatoms. The maximum absolute atomic E-state index is 12.8. The van der Waals surface area contributed by atoms with Crippen molar-refractivity contribution < 1.29 is 8.42 Å². The van der Waals surface area contributed by atoms with Crippen LogP contribution in [0.15, 0.2) is 17.2 Å². The zero-order valence-corrected chi connectivity index (χ0v) is 13.5. The maximum atomic E-state index is 12.8. The summed E-state index contributed by atoms with van der Waals surface area (Å²) in [5.74, 6) is 1.15. The van der Waals surface area contributed by atoms with Gasteiger partial charge >= 0.3 is 0 Å². The second-order valence-electron chi connectivity index (χ2n) is 6.34. The molecule has 2 unspecified atom stereocenters. The Kier molecular flexibility index (Phi) is 4.12. The predicted octanol–water partition coefficient (Wildman–Crippen LogP) is 1.78. The van der Waals surface area contributed by atoms with Gasteiger partial charge in [0.2, 0.25) is 10.0 Å². The number of aryl methyl sites for hydroxylation is 1. The fourth-order valence-electron chi connectivity index (χ4n) is 3.82. The first kappa shape index (κ1) is 15.1. The molecule has 1 saturated carbocycles. The molecule has 0 amide bonds. The van der Waals surface area contributed by atoms with Crippen molar-refractivity contribution in [1.29, 1.82) is 0 Å². The first-order valence-electron chi connectivity index (χ1n) is 7.95. The van der Waals surface area contributed by atoms with Crippen LogP contribution in [0.1, 0.15) is 38.3 Å². The highest BCUT2D eigenvalue weighted by atomic mass is 32.2. The minimum Gasteiger partial charge on any atom is -0.349 e. The highest BCUT2D eigenvalue weighted by molar-refractivity contribution is 7.89. The molecule has 21 heavy (non-hydrogen) atoms. The van der Waals surface area contributed by atoms with Crippen molar-refractivity contribution in [3.8, 4) is 0 Å². The van der Waals surface area contributed by atoms with Crippen LogP contribution in [0, 0.1) is 11.8 Å². The summed E-state index contributed by atoms with van der Waals surface area (Å²) in [5, 5.41) is 0. The van der Waals surface area contributed by atoms with E-state index in [0.717, 1.165) is 18.7 Å². The van der Waals surface area contributed by atoms with Gasteiger partial charge in [-0.2, -0.15) is 4.31 Å². The monoisotopic (exact) mass is 311 g/mol. The minimum absolute atomic E-state index is 0.376. The lowest BCUT2D eigenvalue weighted by molar-refractivity contribution is 0.445. The van der Waals surface area contributed by atoms with Crippen molar-refractivity contribution in [2.75, 3.05) is 13.1 Å². The minimum atomic E-state index is -3.35. The third-order valence-electron chi connectivity index (χ3n) is 4.97. The highest BCUT2D eigenvalue weighted by Gasteiger charge is 2.41. The van der Waals surface area contributed by atoms with Gasteiger partial charge in [-0.05, 0) is 37.2 Å². The van der Waals surface area contributed by atoms with Gasteiger partial charge in [0.15, 0.2) is 0 Å². The Hall–Kier alpha value is -0.850. The van der Waals surface area contributed by atoms with Gasteiger partial charge in [-0.3, -0.25) is 0 Å². The molecule has 2 N–H and O–H groups in total. The Morgan fingerprint density at radius 3 is 2.52 bits per heavy atom. The highest BCUT2D eigenvalue weighted by Crippen LogP contribution is 2.39. The van der Waals surface area contributed by atoms with Gasteiger partial charge in [0.05, 0.1) is 0 Å². The van der Waals surface area contributed by atoms with Crippen LogP contribution < -0.4 is 5.73 Å². The zero-order valence-electron chi connectivity index (χ0n) is 12.7. The molecule has 0 radical (unpaired) electrons. The largest absolute Gasteiger partial charge is 0.349 e. The summed E-state index contributed by atoms with van der Waals surface area (Å²) < 4.78 is 29.3. The maximum Gasteiger partial charge on any atom is 0.244 e. The molecule has 5 nitrogen and oxygen atoms in total. The Balaban J connectivity index is 1.85. The molecule has 3 rings (SSSR count). The molecule has 1 saturated heterocycles. The molecule has 1 aromatic rings. The number of hydrogen-bond acceptors (Lipinski definition) is 3. The van der Waals surface area contributed by atoms with Gasteiger partial charge in [0.25, 0.3) is 0 Å². The van der Waals surface area contributed by atoms with Crippen LogP contribution in [-0.2, 0) is 23.1 Å². The zero-order chi connectivity index (χ0) is 15.0. The summed E-state index contributed by atoms with van der Waals surface area (Å²) in [6.45, 7) is 4.66. The van der Waals surface area contributed by atoms with Crippen molar-refractivity contribution in [2.24, 2.45) is 17.6 Å². The molecular formula is C15H25N3O2S. The smallest absolute Gasteiger partial charge is 0.244 e. The van der Waals surface area contributed by atoms with Crippen molar-refractivity contribution in [2.45, 2.75) is 50.6 Å². The summed E-state index contributed by atoms with van der Waals surface area (Å²) in [6, 6.07) is 1.75. The summed E-state index contributed by atoms with van der Waals surface area (Å²) in [5.41, 5.74) is 6.63. The molecule has 0 spiro atoms. The van der Waals surface area contributed by atoms with E-state index in [-0.39, 0.29) is 0 Å². The lowest BCUT2D eigenvalue weighted by atomic mass is 10.0. The number of aromatic nitrogens is 1. The Morgan fingerprint density at radius 2 is 1.95 bits per heavy atom. The van der Waals surface area contributed by atoms with E-state index in [1.54, 1.807) is 16.6 Å². The molecule has 1 aliphatic carbocycles. The number of sulfonamides is 1. The van der Waals surface area contributed by atoms with Crippen molar-refractivity contribution in [3.05, 3.63) is 18.0 Å². The van der Waals surface area contributed by atoms with Crippen LogP contribution in [0.3, 0.4) is 0 Å². The number of nitrogens with zero attached hydrogens (tertiary/aromatic N) is 2. The SMILES string of the molecule is CCCn1cc(S(=O)(=O)N2CC3CCCC3C2)cc1CN. The topological polar surface area (TPSA) is 68.3 Å². The van der Waals surface area contributed by atoms with Crippen LogP contribution in [0.4, 0.5) is 0 Å². The summed E-state index contributed by atoms with van der Waals surface area (Å²) in [6.07, 6.45) is 6.35. The van der Waals surface area contributed by atoms with Crippen LogP contribution in [0.25, 0.3) is 0 Å². The Labute approximate surface area is 127 Å². The predicted molar refractivity (Wildman–Crippen MR) is 82.2 cm³/mol. The normalized spacial score (nSPS) is 26.4. The quantitative estimate of drug-likeness (QED) is 0.901. The molecular weight excluding hydrogens is 286 g/mol. The van der Waals surface area contributed by atoms with Gasteiger partial charge in [-0.25, -0.2) is 8.42 Å². The lowest BCUT2D eigenvalue weighted by Crippen LogP contribution is -2.29. The van der Waals surface area contributed by atoms with Crippen molar-refractivity contribution >= 4 is 10.0 Å². The van der Waals surface area contributed by atoms with E-state index in [1.807, 2.05) is 4.57 Å². The molecule has 2 aliphatic rings. The first-order chi connectivity index (χ1) is 10.1. The fraction of sp³-hybridized carbons (Fsp3) is 0.733. The van der Waals surface area contributed by atoms with Crippen LogP contribution in [0.5, 0.6) is 0 Å². The van der Waals surface area contributed by atoms with Crippen LogP contribution >= 0.6 is 0 Å². The van der Waals surface area contributed by atoms with E-state index in [0.29, 0.717) is 36.4 Å². The Morgan fingerprint density at radius 1 is 1.29 bits per heavy atom. The number of rotatable bonds is 5. The van der Waals surface area contributed by atoms with Gasteiger partial charge in [-0.1, -0.05) is 13.3 Å². The van der Waals surface area contributed by atoms with Gasteiger partial charge in [0, 0.05) is 38.1 Å². The summed E-state index contributed by atoms with van der Waals surface area (Å²) in [4.78, 5) is 0.413. The second-order valence-corrected chi connectivity index (χ2v) is 8.28. The van der Waals surface area contributed by atoms with E-state index in [2.05, 4.69) is 6.92 Å². The molecule has 118 valence electrons. The molecule has 1 aliphatic heterocycles. The van der Waals surface area contributed by atoms with Crippen LogP contribution in [-0.4, -0.2) is 30.4 Å². The van der Waals surface area contributed by atoms with Crippen molar-refractivity contribution in [1.82, 2.24) is 8.87 Å². The van der Waals surface area contributed by atoms with Gasteiger partial charge in [0.1, 0.15) is 4.90 Å². The van der Waals surface area contributed by atoms with E-state index in [1.165, 1.54) is 19.3 Å². The molecule has 2 heterocycles. The third-order valence-corrected chi connectivity index (χ3v) is 6.76.